The van der Waals surface area contributed by atoms with Crippen molar-refractivity contribution in [2.45, 2.75) is 43.9 Å². The molecule has 1 heterocycles. The van der Waals surface area contributed by atoms with Gasteiger partial charge in [0.05, 0.1) is 0 Å². The second-order valence-electron chi connectivity index (χ2n) is 8.41. The van der Waals surface area contributed by atoms with E-state index < -0.39 is 23.7 Å². The molecule has 1 aliphatic heterocycles. The zero-order chi connectivity index (χ0) is 19.3. The number of ketones is 1. The number of benzene rings is 1. The molecule has 1 amide bonds. The van der Waals surface area contributed by atoms with Crippen LogP contribution in [0.1, 0.15) is 31.2 Å². The largest absolute Gasteiger partial charge is 0.457 e. The highest BCUT2D eigenvalue weighted by atomic mass is 16.6. The summed E-state index contributed by atoms with van der Waals surface area (Å²) in [4.78, 5) is 37.2. The van der Waals surface area contributed by atoms with Gasteiger partial charge in [-0.1, -0.05) is 42.5 Å². The van der Waals surface area contributed by atoms with Gasteiger partial charge in [-0.3, -0.25) is 4.79 Å². The number of allylic oxidation sites excluding steroid dienone is 2. The lowest BCUT2D eigenvalue weighted by Crippen LogP contribution is -2.51. The molecule has 1 aromatic rings. The molecule has 3 aliphatic carbocycles. The topological polar surface area (TPSA) is 81.7 Å². The summed E-state index contributed by atoms with van der Waals surface area (Å²) in [6.45, 7) is 0.146. The predicted molar refractivity (Wildman–Crippen MR) is 98.9 cm³/mol. The number of hydrogen-bond donors (Lipinski definition) is 1. The molecule has 1 spiro atoms. The zero-order valence-electron chi connectivity index (χ0n) is 15.5. The lowest BCUT2D eigenvalue weighted by atomic mass is 9.63. The van der Waals surface area contributed by atoms with Gasteiger partial charge in [0.2, 0.25) is 0 Å². The van der Waals surface area contributed by atoms with Crippen LogP contribution in [0, 0.1) is 23.7 Å². The van der Waals surface area contributed by atoms with Crippen molar-refractivity contribution >= 4 is 17.8 Å². The molecule has 1 saturated heterocycles. The van der Waals surface area contributed by atoms with Crippen molar-refractivity contribution in [3.05, 3.63) is 48.0 Å². The van der Waals surface area contributed by atoms with Crippen molar-refractivity contribution in [2.24, 2.45) is 23.7 Å². The van der Waals surface area contributed by atoms with Gasteiger partial charge in [0.1, 0.15) is 24.0 Å². The van der Waals surface area contributed by atoms with Crippen molar-refractivity contribution in [3.63, 3.8) is 0 Å². The van der Waals surface area contributed by atoms with Crippen LogP contribution in [0.25, 0.3) is 0 Å². The van der Waals surface area contributed by atoms with Crippen molar-refractivity contribution in [1.82, 2.24) is 5.32 Å². The van der Waals surface area contributed by atoms with Gasteiger partial charge >= 0.3 is 12.1 Å². The van der Waals surface area contributed by atoms with Gasteiger partial charge < -0.3 is 14.8 Å². The van der Waals surface area contributed by atoms with E-state index in [0.717, 1.165) is 12.0 Å². The third-order valence-corrected chi connectivity index (χ3v) is 6.88. The molecule has 1 N–H and O–H groups in total. The summed E-state index contributed by atoms with van der Waals surface area (Å²) in [6.07, 6.45) is 6.07. The maximum absolute atomic E-state index is 12.5. The number of nitrogens with one attached hydrogen (secondary N) is 1. The second kappa shape index (κ2) is 6.47. The van der Waals surface area contributed by atoms with Crippen LogP contribution in [0.15, 0.2) is 42.5 Å². The first-order chi connectivity index (χ1) is 13.6. The van der Waals surface area contributed by atoms with Crippen LogP contribution in [0.2, 0.25) is 0 Å². The van der Waals surface area contributed by atoms with Crippen LogP contribution in [0.5, 0.6) is 0 Å². The molecule has 4 aliphatic rings. The SMILES string of the molecule is O=C(N[C@H]1C[C@]2(CCC(=O)[C@H]3[C@@H]2[C@H]2C=C[C@@H]3C2)OC1=O)OCc1ccccc1. The minimum Gasteiger partial charge on any atom is -0.457 e. The summed E-state index contributed by atoms with van der Waals surface area (Å²) < 4.78 is 11.1. The first kappa shape index (κ1) is 17.5. The number of amides is 1. The standard InChI is InChI=1S/C22H23NO5/c24-17-8-9-22(19-15-7-6-14(10-15)18(17)19)11-16(20(25)28-22)23-21(26)27-12-13-4-2-1-3-5-13/h1-7,14-16,18-19H,8-12H2,(H,23,26)/t14-,15+,16+,18+,19+,22+/m1/s1. The molecular formula is C22H23NO5. The van der Waals surface area contributed by atoms with E-state index in [1.807, 2.05) is 30.3 Å². The smallest absolute Gasteiger partial charge is 0.408 e. The van der Waals surface area contributed by atoms with Crippen molar-refractivity contribution in [2.75, 3.05) is 0 Å². The molecule has 1 aromatic carbocycles. The summed E-state index contributed by atoms with van der Waals surface area (Å²) in [7, 11) is 0. The van der Waals surface area contributed by atoms with E-state index in [0.29, 0.717) is 25.0 Å². The molecule has 2 saturated carbocycles. The molecule has 6 atom stereocenters. The molecule has 3 fully saturated rings. The molecule has 6 nitrogen and oxygen atoms in total. The minimum atomic E-state index is -0.722. The summed E-state index contributed by atoms with van der Waals surface area (Å²) in [5.41, 5.74) is 0.238. The summed E-state index contributed by atoms with van der Waals surface area (Å²) >= 11 is 0. The summed E-state index contributed by atoms with van der Waals surface area (Å²) in [5, 5.41) is 2.67. The van der Waals surface area contributed by atoms with Crippen molar-refractivity contribution in [3.8, 4) is 0 Å². The van der Waals surface area contributed by atoms with Gasteiger partial charge in [0.15, 0.2) is 0 Å². The average molecular weight is 381 g/mol. The van der Waals surface area contributed by atoms with E-state index in [-0.39, 0.29) is 30.3 Å². The van der Waals surface area contributed by atoms with Crippen LogP contribution < -0.4 is 5.32 Å². The number of rotatable bonds is 3. The van der Waals surface area contributed by atoms with Crippen LogP contribution in [-0.2, 0) is 25.7 Å². The number of carbonyl (C=O) groups excluding carboxylic acids is 3. The Morgan fingerprint density at radius 2 is 1.96 bits per heavy atom. The fraction of sp³-hybridized carbons (Fsp3) is 0.500. The van der Waals surface area contributed by atoms with E-state index in [9.17, 15) is 14.4 Å². The van der Waals surface area contributed by atoms with Gasteiger partial charge in [-0.25, -0.2) is 9.59 Å². The summed E-state index contributed by atoms with van der Waals surface area (Å²) in [5.74, 6) is 0.441. The van der Waals surface area contributed by atoms with E-state index >= 15 is 0 Å². The third kappa shape index (κ3) is 2.74. The van der Waals surface area contributed by atoms with Gasteiger partial charge in [0.25, 0.3) is 0 Å². The second-order valence-corrected chi connectivity index (χ2v) is 8.41. The fourth-order valence-corrected chi connectivity index (χ4v) is 5.76. The zero-order valence-corrected chi connectivity index (χ0v) is 15.5. The third-order valence-electron chi connectivity index (χ3n) is 6.88. The number of fused-ring (bicyclic) bond motifs is 6. The Balaban J connectivity index is 1.26. The Morgan fingerprint density at radius 3 is 2.79 bits per heavy atom. The molecule has 0 aromatic heterocycles. The highest BCUT2D eigenvalue weighted by Crippen LogP contribution is 2.59. The van der Waals surface area contributed by atoms with E-state index in [2.05, 4.69) is 17.5 Å². The maximum Gasteiger partial charge on any atom is 0.408 e. The van der Waals surface area contributed by atoms with Crippen LogP contribution in [-0.4, -0.2) is 29.5 Å². The number of esters is 1. The molecule has 0 radical (unpaired) electrons. The predicted octanol–water partition coefficient (Wildman–Crippen LogP) is 2.77. The van der Waals surface area contributed by atoms with Crippen molar-refractivity contribution in [1.29, 1.82) is 0 Å². The Hall–Kier alpha value is -2.63. The van der Waals surface area contributed by atoms with Crippen LogP contribution in [0.3, 0.4) is 0 Å². The summed E-state index contributed by atoms with van der Waals surface area (Å²) in [6, 6.07) is 8.66. The minimum absolute atomic E-state index is 0.0414. The molecule has 28 heavy (non-hydrogen) atoms. The molecule has 2 bridgehead atoms. The van der Waals surface area contributed by atoms with Gasteiger partial charge in [-0.05, 0) is 30.2 Å². The normalized spacial score (nSPS) is 37.8. The molecular weight excluding hydrogens is 358 g/mol. The average Bonchev–Trinajstić information content (AvgIpc) is 3.39. The van der Waals surface area contributed by atoms with Crippen LogP contribution >= 0.6 is 0 Å². The van der Waals surface area contributed by atoms with Crippen LogP contribution in [0.4, 0.5) is 4.79 Å². The molecule has 6 heteroatoms. The number of hydrogen-bond acceptors (Lipinski definition) is 5. The van der Waals surface area contributed by atoms with Gasteiger partial charge in [-0.15, -0.1) is 0 Å². The molecule has 0 unspecified atom stereocenters. The Kier molecular flexibility index (Phi) is 4.03. The quantitative estimate of drug-likeness (QED) is 0.643. The highest BCUT2D eigenvalue weighted by Gasteiger charge is 2.64. The van der Waals surface area contributed by atoms with Gasteiger partial charge in [0, 0.05) is 24.7 Å². The monoisotopic (exact) mass is 381 g/mol. The number of Topliss-reactive ketones (excluding diaryl/α,β-unsaturated/α-hetero) is 1. The first-order valence-corrected chi connectivity index (χ1v) is 9.97. The van der Waals surface area contributed by atoms with Gasteiger partial charge in [-0.2, -0.15) is 0 Å². The van der Waals surface area contributed by atoms with E-state index in [4.69, 9.17) is 9.47 Å². The lowest BCUT2D eigenvalue weighted by Gasteiger charge is -2.44. The highest BCUT2D eigenvalue weighted by molar-refractivity contribution is 5.87. The molecule has 5 rings (SSSR count). The Labute approximate surface area is 163 Å². The molecule has 146 valence electrons. The number of alkyl carbamates (subject to hydrolysis) is 1. The van der Waals surface area contributed by atoms with Crippen molar-refractivity contribution < 1.29 is 23.9 Å². The number of ether oxygens (including phenoxy) is 2. The lowest BCUT2D eigenvalue weighted by molar-refractivity contribution is -0.165. The number of carbonyl (C=O) groups is 3. The Morgan fingerprint density at radius 1 is 1.18 bits per heavy atom. The first-order valence-electron chi connectivity index (χ1n) is 9.97. The van der Waals surface area contributed by atoms with E-state index in [1.165, 1.54) is 0 Å². The van der Waals surface area contributed by atoms with E-state index in [1.54, 1.807) is 0 Å². The maximum atomic E-state index is 12.5. The fourth-order valence-electron chi connectivity index (χ4n) is 5.76. The Bertz CT molecular complexity index is 850.